The van der Waals surface area contributed by atoms with E-state index in [2.05, 4.69) is 4.72 Å². The van der Waals surface area contributed by atoms with Crippen LogP contribution in [0.5, 0.6) is 11.5 Å². The highest BCUT2D eigenvalue weighted by molar-refractivity contribution is 7.90. The molecule has 6 nitrogen and oxygen atoms in total. The molecule has 0 amide bonds. The fourth-order valence-corrected chi connectivity index (χ4v) is 3.54. The van der Waals surface area contributed by atoms with Crippen LogP contribution in [0.25, 0.3) is 0 Å². The van der Waals surface area contributed by atoms with Gasteiger partial charge in [0.15, 0.2) is 0 Å². The Morgan fingerprint density at radius 2 is 1.69 bits per heavy atom. The van der Waals surface area contributed by atoms with E-state index in [4.69, 9.17) is 9.47 Å². The molecule has 0 aliphatic carbocycles. The molecule has 0 bridgehead atoms. The Morgan fingerprint density at radius 1 is 1.07 bits per heavy atom. The van der Waals surface area contributed by atoms with Crippen LogP contribution in [0.15, 0.2) is 48.5 Å². The summed E-state index contributed by atoms with van der Waals surface area (Å²) in [5.74, 6) is 0.760. The van der Waals surface area contributed by atoms with Crippen LogP contribution in [0.1, 0.15) is 51.3 Å². The van der Waals surface area contributed by atoms with Gasteiger partial charge in [-0.25, -0.2) is 13.1 Å². The number of sulfonamides is 1. The molecule has 2 rings (SSSR count). The fraction of sp³-hybridized carbons (Fsp3) is 0.409. The zero-order valence-corrected chi connectivity index (χ0v) is 18.4. The second-order valence-electron chi connectivity index (χ2n) is 7.79. The number of carbonyl (C=O) groups is 1. The zero-order valence-electron chi connectivity index (χ0n) is 17.6. The predicted molar refractivity (Wildman–Crippen MR) is 113 cm³/mol. The van der Waals surface area contributed by atoms with Crippen molar-refractivity contribution in [3.8, 4) is 11.5 Å². The SMILES string of the molecule is CCOC(=O)C[C@H](NS(=O)(=O)C(C)(C)C)c1cccc(Oc2cccc(C)c2)c1. The minimum absolute atomic E-state index is 0.114. The minimum Gasteiger partial charge on any atom is -0.466 e. The Bertz CT molecular complexity index is 948. The Balaban J connectivity index is 2.33. The molecule has 0 aliphatic rings. The van der Waals surface area contributed by atoms with E-state index in [0.717, 1.165) is 5.56 Å². The molecule has 2 aromatic carbocycles. The van der Waals surface area contributed by atoms with Gasteiger partial charge in [0.25, 0.3) is 0 Å². The summed E-state index contributed by atoms with van der Waals surface area (Å²) in [5, 5.41) is 0. The molecule has 0 fully saturated rings. The summed E-state index contributed by atoms with van der Waals surface area (Å²) in [6.45, 7) is 8.73. The molecule has 0 spiro atoms. The third-order valence-electron chi connectivity index (χ3n) is 4.27. The smallest absolute Gasteiger partial charge is 0.307 e. The molecule has 2 aromatic rings. The third kappa shape index (κ3) is 6.58. The first kappa shape index (κ1) is 22.9. The maximum Gasteiger partial charge on any atom is 0.307 e. The topological polar surface area (TPSA) is 81.7 Å². The minimum atomic E-state index is -3.68. The van der Waals surface area contributed by atoms with E-state index in [0.29, 0.717) is 17.1 Å². The molecule has 1 atom stereocenters. The maximum absolute atomic E-state index is 12.7. The van der Waals surface area contributed by atoms with Crippen molar-refractivity contribution in [2.24, 2.45) is 0 Å². The van der Waals surface area contributed by atoms with Crippen molar-refractivity contribution in [3.63, 3.8) is 0 Å². The molecule has 0 saturated carbocycles. The summed E-state index contributed by atoms with van der Waals surface area (Å²) in [7, 11) is -3.68. The van der Waals surface area contributed by atoms with Gasteiger partial charge in [-0.2, -0.15) is 0 Å². The number of aryl methyl sites for hydroxylation is 1. The standard InChI is InChI=1S/C22H29NO5S/c1-6-27-21(24)15-20(23-29(25,26)22(3,4)5)17-10-8-12-19(14-17)28-18-11-7-9-16(2)13-18/h7-14,20,23H,6,15H2,1-5H3/t20-/m0/s1. The van der Waals surface area contributed by atoms with Gasteiger partial charge >= 0.3 is 5.97 Å². The van der Waals surface area contributed by atoms with E-state index >= 15 is 0 Å². The van der Waals surface area contributed by atoms with Gasteiger partial charge in [0.05, 0.1) is 23.8 Å². The predicted octanol–water partition coefficient (Wildman–Crippen LogP) is 4.50. The molecule has 0 unspecified atom stereocenters. The first-order chi connectivity index (χ1) is 13.5. The average molecular weight is 420 g/mol. The normalized spacial score (nSPS) is 13.0. The van der Waals surface area contributed by atoms with Crippen LogP contribution in [-0.4, -0.2) is 25.7 Å². The van der Waals surface area contributed by atoms with E-state index in [1.165, 1.54) is 0 Å². The van der Waals surface area contributed by atoms with Crippen molar-refractivity contribution in [1.29, 1.82) is 0 Å². The number of benzene rings is 2. The molecule has 7 heteroatoms. The number of nitrogens with one attached hydrogen (secondary N) is 1. The molecular formula is C22H29NO5S. The van der Waals surface area contributed by atoms with E-state index in [-0.39, 0.29) is 13.0 Å². The van der Waals surface area contributed by atoms with Gasteiger partial charge in [-0.1, -0.05) is 24.3 Å². The number of hydrogen-bond acceptors (Lipinski definition) is 5. The average Bonchev–Trinajstić information content (AvgIpc) is 2.60. The largest absolute Gasteiger partial charge is 0.466 e. The molecule has 1 N–H and O–H groups in total. The van der Waals surface area contributed by atoms with Crippen LogP contribution in [0.4, 0.5) is 0 Å². The van der Waals surface area contributed by atoms with Crippen molar-refractivity contribution < 1.29 is 22.7 Å². The van der Waals surface area contributed by atoms with Gasteiger partial charge in [0.2, 0.25) is 10.0 Å². The van der Waals surface area contributed by atoms with Crippen LogP contribution in [0.3, 0.4) is 0 Å². The van der Waals surface area contributed by atoms with Crippen molar-refractivity contribution in [1.82, 2.24) is 4.72 Å². The highest BCUT2D eigenvalue weighted by Gasteiger charge is 2.32. The Hall–Kier alpha value is -2.38. The molecule has 0 heterocycles. The highest BCUT2D eigenvalue weighted by atomic mass is 32.2. The van der Waals surface area contributed by atoms with Gasteiger partial charge < -0.3 is 9.47 Å². The molecule has 0 aromatic heterocycles. The number of rotatable bonds is 8. The highest BCUT2D eigenvalue weighted by Crippen LogP contribution is 2.28. The van der Waals surface area contributed by atoms with Gasteiger partial charge in [0, 0.05) is 0 Å². The summed E-state index contributed by atoms with van der Waals surface area (Å²) in [6.07, 6.45) is -0.114. The van der Waals surface area contributed by atoms with E-state index in [9.17, 15) is 13.2 Å². The Morgan fingerprint density at radius 3 is 2.28 bits per heavy atom. The lowest BCUT2D eigenvalue weighted by Gasteiger charge is -2.25. The van der Waals surface area contributed by atoms with Crippen LogP contribution in [0, 0.1) is 6.92 Å². The number of hydrogen-bond donors (Lipinski definition) is 1. The van der Waals surface area contributed by atoms with Gasteiger partial charge in [-0.05, 0) is 70.0 Å². The lowest BCUT2D eigenvalue weighted by atomic mass is 10.0. The van der Waals surface area contributed by atoms with Crippen molar-refractivity contribution >= 4 is 16.0 Å². The van der Waals surface area contributed by atoms with Crippen molar-refractivity contribution in [3.05, 3.63) is 59.7 Å². The molecule has 0 saturated heterocycles. The second kappa shape index (κ2) is 9.41. The fourth-order valence-electron chi connectivity index (χ4n) is 2.59. The second-order valence-corrected chi connectivity index (χ2v) is 10.3. The first-order valence-corrected chi connectivity index (χ1v) is 11.0. The number of carbonyl (C=O) groups excluding carboxylic acids is 1. The van der Waals surface area contributed by atoms with E-state index in [1.54, 1.807) is 52.0 Å². The Labute approximate surface area is 173 Å². The molecule has 0 radical (unpaired) electrons. The van der Waals surface area contributed by atoms with E-state index in [1.807, 2.05) is 31.2 Å². The summed E-state index contributed by atoms with van der Waals surface area (Å²) in [6, 6.07) is 13.9. The monoisotopic (exact) mass is 419 g/mol. The quantitative estimate of drug-likeness (QED) is 0.637. The third-order valence-corrected chi connectivity index (χ3v) is 6.47. The number of ether oxygens (including phenoxy) is 2. The van der Waals surface area contributed by atoms with Crippen molar-refractivity contribution in [2.45, 2.75) is 51.8 Å². The van der Waals surface area contributed by atoms with Gasteiger partial charge in [0.1, 0.15) is 11.5 Å². The Kier molecular flexibility index (Phi) is 7.43. The van der Waals surface area contributed by atoms with Gasteiger partial charge in [-0.3, -0.25) is 4.79 Å². The molecular weight excluding hydrogens is 390 g/mol. The van der Waals surface area contributed by atoms with Crippen LogP contribution >= 0.6 is 0 Å². The summed E-state index contributed by atoms with van der Waals surface area (Å²) >= 11 is 0. The number of esters is 1. The van der Waals surface area contributed by atoms with Crippen LogP contribution in [0.2, 0.25) is 0 Å². The summed E-state index contributed by atoms with van der Waals surface area (Å²) in [5.41, 5.74) is 1.69. The van der Waals surface area contributed by atoms with Crippen LogP contribution < -0.4 is 9.46 Å². The van der Waals surface area contributed by atoms with Gasteiger partial charge in [-0.15, -0.1) is 0 Å². The lowest BCUT2D eigenvalue weighted by Crippen LogP contribution is -2.41. The molecule has 0 aliphatic heterocycles. The maximum atomic E-state index is 12.7. The summed E-state index contributed by atoms with van der Waals surface area (Å²) in [4.78, 5) is 12.1. The summed E-state index contributed by atoms with van der Waals surface area (Å²) < 4.78 is 38.0. The lowest BCUT2D eigenvalue weighted by molar-refractivity contribution is -0.143. The zero-order chi connectivity index (χ0) is 21.7. The molecule has 29 heavy (non-hydrogen) atoms. The van der Waals surface area contributed by atoms with E-state index < -0.39 is 26.8 Å². The van der Waals surface area contributed by atoms with Crippen LogP contribution in [-0.2, 0) is 19.6 Å². The molecule has 158 valence electrons. The first-order valence-electron chi connectivity index (χ1n) is 9.54. The van der Waals surface area contributed by atoms with Crippen molar-refractivity contribution in [2.75, 3.05) is 6.61 Å².